The van der Waals surface area contributed by atoms with Gasteiger partial charge in [0.1, 0.15) is 5.82 Å². The van der Waals surface area contributed by atoms with E-state index in [-0.39, 0.29) is 5.91 Å². The highest BCUT2D eigenvalue weighted by atomic mass is 16.2. The van der Waals surface area contributed by atoms with Crippen LogP contribution >= 0.6 is 0 Å². The first-order chi connectivity index (χ1) is 13.5. The molecule has 0 spiro atoms. The molecule has 6 heteroatoms. The Labute approximate surface area is 165 Å². The molecule has 0 aliphatic heterocycles. The van der Waals surface area contributed by atoms with Crippen LogP contribution in [0.4, 0.5) is 17.2 Å². The number of nitrogens with zero attached hydrogens (tertiary/aromatic N) is 4. The number of aromatic nitrogens is 2. The van der Waals surface area contributed by atoms with Crippen LogP contribution in [0.3, 0.4) is 0 Å². The van der Waals surface area contributed by atoms with Crippen molar-refractivity contribution in [2.45, 2.75) is 6.42 Å². The summed E-state index contributed by atoms with van der Waals surface area (Å²) in [5.41, 5.74) is 3.82. The lowest BCUT2D eigenvalue weighted by molar-refractivity contribution is 0.0796. The predicted octanol–water partition coefficient (Wildman–Crippen LogP) is 3.60. The number of carbonyl (C=O) groups is 1. The quantitative estimate of drug-likeness (QED) is 0.684. The third kappa shape index (κ3) is 5.07. The van der Waals surface area contributed by atoms with Crippen molar-refractivity contribution in [2.75, 3.05) is 37.9 Å². The maximum Gasteiger partial charge on any atom is 0.255 e. The molecule has 1 amide bonds. The number of rotatable bonds is 7. The van der Waals surface area contributed by atoms with Crippen molar-refractivity contribution in [3.05, 3.63) is 78.2 Å². The molecule has 0 atom stereocenters. The van der Waals surface area contributed by atoms with E-state index in [1.807, 2.05) is 68.5 Å². The Kier molecular flexibility index (Phi) is 6.22. The van der Waals surface area contributed by atoms with Crippen LogP contribution in [0.15, 0.2) is 67.1 Å². The summed E-state index contributed by atoms with van der Waals surface area (Å²) in [7, 11) is 5.82. The molecular weight excluding hydrogens is 350 g/mol. The summed E-state index contributed by atoms with van der Waals surface area (Å²) in [6.45, 7) is 0.640. The number of hydrogen-bond acceptors (Lipinski definition) is 5. The molecule has 2 heterocycles. The van der Waals surface area contributed by atoms with E-state index in [4.69, 9.17) is 0 Å². The van der Waals surface area contributed by atoms with E-state index in [1.54, 1.807) is 29.6 Å². The fourth-order valence-electron chi connectivity index (χ4n) is 2.75. The second-order valence-electron chi connectivity index (χ2n) is 6.83. The van der Waals surface area contributed by atoms with Gasteiger partial charge in [-0.15, -0.1) is 0 Å². The third-order valence-electron chi connectivity index (χ3n) is 4.50. The number of pyridine rings is 2. The predicted molar refractivity (Wildman–Crippen MR) is 113 cm³/mol. The van der Waals surface area contributed by atoms with E-state index in [2.05, 4.69) is 15.3 Å². The third-order valence-corrected chi connectivity index (χ3v) is 4.50. The van der Waals surface area contributed by atoms with Gasteiger partial charge in [-0.25, -0.2) is 4.98 Å². The van der Waals surface area contributed by atoms with Gasteiger partial charge in [0.2, 0.25) is 0 Å². The fourth-order valence-corrected chi connectivity index (χ4v) is 2.75. The molecule has 0 aliphatic carbocycles. The standard InChI is InChI=1S/C22H25N5O/c1-26(2)20-7-5-19(6-8-20)25-21-9-4-18(16-24-21)22(28)27(3)15-12-17-10-13-23-14-11-17/h4-11,13-14,16H,12,15H2,1-3H3,(H,24,25). The Hall–Kier alpha value is -3.41. The fraction of sp³-hybridized carbons (Fsp3) is 0.227. The van der Waals surface area contributed by atoms with Crippen molar-refractivity contribution in [3.8, 4) is 0 Å². The van der Waals surface area contributed by atoms with Crippen LogP contribution in [-0.2, 0) is 6.42 Å². The zero-order valence-corrected chi connectivity index (χ0v) is 16.5. The maximum atomic E-state index is 12.6. The van der Waals surface area contributed by atoms with Crippen LogP contribution in [0.2, 0.25) is 0 Å². The van der Waals surface area contributed by atoms with Crippen molar-refractivity contribution in [1.82, 2.24) is 14.9 Å². The van der Waals surface area contributed by atoms with E-state index in [0.29, 0.717) is 17.9 Å². The van der Waals surface area contributed by atoms with Crippen LogP contribution in [0.5, 0.6) is 0 Å². The van der Waals surface area contributed by atoms with Gasteiger partial charge in [0.25, 0.3) is 5.91 Å². The highest BCUT2D eigenvalue weighted by Crippen LogP contribution is 2.19. The Morgan fingerprint density at radius 1 is 0.964 bits per heavy atom. The van der Waals surface area contributed by atoms with Gasteiger partial charge in [-0.05, 0) is 60.5 Å². The second kappa shape index (κ2) is 8.99. The van der Waals surface area contributed by atoms with Crippen LogP contribution in [0.25, 0.3) is 0 Å². The van der Waals surface area contributed by atoms with Gasteiger partial charge in [0.15, 0.2) is 0 Å². The molecular formula is C22H25N5O. The molecule has 0 radical (unpaired) electrons. The van der Waals surface area contributed by atoms with Gasteiger partial charge in [0, 0.05) is 57.7 Å². The Balaban J connectivity index is 1.57. The number of benzene rings is 1. The van der Waals surface area contributed by atoms with E-state index in [9.17, 15) is 4.79 Å². The summed E-state index contributed by atoms with van der Waals surface area (Å²) in [5.74, 6) is 0.664. The summed E-state index contributed by atoms with van der Waals surface area (Å²) < 4.78 is 0. The van der Waals surface area contributed by atoms with Crippen LogP contribution in [0.1, 0.15) is 15.9 Å². The maximum absolute atomic E-state index is 12.6. The molecule has 0 fully saturated rings. The summed E-state index contributed by atoms with van der Waals surface area (Å²) in [6.07, 6.45) is 5.93. The molecule has 3 aromatic rings. The highest BCUT2D eigenvalue weighted by molar-refractivity contribution is 5.94. The highest BCUT2D eigenvalue weighted by Gasteiger charge is 2.12. The van der Waals surface area contributed by atoms with Gasteiger partial charge in [-0.1, -0.05) is 0 Å². The summed E-state index contributed by atoms with van der Waals surface area (Å²) in [4.78, 5) is 24.7. The molecule has 3 rings (SSSR count). The van der Waals surface area contributed by atoms with Crippen molar-refractivity contribution < 1.29 is 4.79 Å². The summed E-state index contributed by atoms with van der Waals surface area (Å²) in [6, 6.07) is 15.6. The molecule has 0 saturated heterocycles. The van der Waals surface area contributed by atoms with E-state index >= 15 is 0 Å². The van der Waals surface area contributed by atoms with Gasteiger partial charge < -0.3 is 15.1 Å². The van der Waals surface area contributed by atoms with Gasteiger partial charge in [-0.2, -0.15) is 0 Å². The summed E-state index contributed by atoms with van der Waals surface area (Å²) >= 11 is 0. The average Bonchev–Trinajstić information content (AvgIpc) is 2.73. The molecule has 0 bridgehead atoms. The molecule has 28 heavy (non-hydrogen) atoms. The lowest BCUT2D eigenvalue weighted by Crippen LogP contribution is -2.28. The molecule has 2 aromatic heterocycles. The molecule has 0 aliphatic rings. The monoisotopic (exact) mass is 375 g/mol. The molecule has 0 unspecified atom stereocenters. The molecule has 0 saturated carbocycles. The second-order valence-corrected chi connectivity index (χ2v) is 6.83. The van der Waals surface area contributed by atoms with E-state index < -0.39 is 0 Å². The Bertz CT molecular complexity index is 892. The normalized spacial score (nSPS) is 10.4. The number of nitrogens with one attached hydrogen (secondary N) is 1. The summed E-state index contributed by atoms with van der Waals surface area (Å²) in [5, 5.41) is 3.25. The SMILES string of the molecule is CN(CCc1ccncc1)C(=O)c1ccc(Nc2ccc(N(C)C)cc2)nc1. The molecule has 6 nitrogen and oxygen atoms in total. The van der Waals surface area contributed by atoms with Gasteiger partial charge in [0.05, 0.1) is 5.56 Å². The lowest BCUT2D eigenvalue weighted by atomic mass is 10.2. The minimum atomic E-state index is -0.0385. The zero-order valence-electron chi connectivity index (χ0n) is 16.5. The number of anilines is 3. The molecule has 144 valence electrons. The van der Waals surface area contributed by atoms with Gasteiger partial charge in [-0.3, -0.25) is 9.78 Å². The zero-order chi connectivity index (χ0) is 19.9. The van der Waals surface area contributed by atoms with Crippen molar-refractivity contribution in [3.63, 3.8) is 0 Å². The molecule has 1 N–H and O–H groups in total. The van der Waals surface area contributed by atoms with Crippen LogP contribution in [-0.4, -0.2) is 48.5 Å². The van der Waals surface area contributed by atoms with E-state index in [1.165, 1.54) is 0 Å². The lowest BCUT2D eigenvalue weighted by Gasteiger charge is -2.17. The minimum absolute atomic E-state index is 0.0385. The number of hydrogen-bond donors (Lipinski definition) is 1. The number of likely N-dealkylation sites (N-methyl/N-ethyl adjacent to an activating group) is 1. The van der Waals surface area contributed by atoms with Crippen molar-refractivity contribution in [1.29, 1.82) is 0 Å². The number of carbonyl (C=O) groups excluding carboxylic acids is 1. The Morgan fingerprint density at radius 3 is 2.29 bits per heavy atom. The largest absolute Gasteiger partial charge is 0.378 e. The van der Waals surface area contributed by atoms with Crippen molar-refractivity contribution >= 4 is 23.1 Å². The van der Waals surface area contributed by atoms with Crippen LogP contribution < -0.4 is 10.2 Å². The van der Waals surface area contributed by atoms with E-state index in [0.717, 1.165) is 23.4 Å². The topological polar surface area (TPSA) is 61.4 Å². The van der Waals surface area contributed by atoms with Crippen LogP contribution in [0, 0.1) is 0 Å². The van der Waals surface area contributed by atoms with Crippen molar-refractivity contribution in [2.24, 2.45) is 0 Å². The molecule has 1 aromatic carbocycles. The first kappa shape index (κ1) is 19.4. The average molecular weight is 375 g/mol. The first-order valence-electron chi connectivity index (χ1n) is 9.18. The minimum Gasteiger partial charge on any atom is -0.378 e. The smallest absolute Gasteiger partial charge is 0.255 e. The Morgan fingerprint density at radius 2 is 1.68 bits per heavy atom. The number of amides is 1. The van der Waals surface area contributed by atoms with Gasteiger partial charge >= 0.3 is 0 Å². The first-order valence-corrected chi connectivity index (χ1v) is 9.18.